The van der Waals surface area contributed by atoms with Gasteiger partial charge in [0.2, 0.25) is 5.51 Å². The molecule has 2 rings (SSSR count). The fourth-order valence-corrected chi connectivity index (χ4v) is 4.62. The van der Waals surface area contributed by atoms with Gasteiger partial charge in [-0.15, -0.1) is 0 Å². The van der Waals surface area contributed by atoms with Crippen molar-refractivity contribution in [3.63, 3.8) is 0 Å². The lowest BCUT2D eigenvalue weighted by Crippen LogP contribution is -2.34. The summed E-state index contributed by atoms with van der Waals surface area (Å²) < 4.78 is 8.09. The van der Waals surface area contributed by atoms with E-state index < -0.39 is 0 Å². The van der Waals surface area contributed by atoms with Crippen molar-refractivity contribution in [1.82, 2.24) is 0 Å². The highest BCUT2D eigenvalue weighted by atomic mass is 32.1. The highest BCUT2D eigenvalue weighted by Gasteiger charge is 2.13. The number of unbranched alkanes of at least 4 members (excludes halogenated alkanes) is 8. The Bertz CT molecular complexity index is 775. The summed E-state index contributed by atoms with van der Waals surface area (Å²) in [6.07, 6.45) is 12.1. The van der Waals surface area contributed by atoms with Gasteiger partial charge in [0.15, 0.2) is 11.5 Å². The SMILES string of the molecule is Cc1c(CCO)sc[n+]1CCCCCCCCCCCOc1ccc(/C(N)=N/O)cc1. The van der Waals surface area contributed by atoms with E-state index in [4.69, 9.17) is 20.8 Å². The molecular weight excluding hydrogens is 410 g/mol. The van der Waals surface area contributed by atoms with E-state index in [-0.39, 0.29) is 12.4 Å². The average molecular weight is 449 g/mol. The summed E-state index contributed by atoms with van der Waals surface area (Å²) in [5, 5.41) is 20.7. The van der Waals surface area contributed by atoms with Gasteiger partial charge in [-0.3, -0.25) is 0 Å². The number of aliphatic hydroxyl groups excluding tert-OH is 1. The van der Waals surface area contributed by atoms with Crippen molar-refractivity contribution in [2.45, 2.75) is 77.7 Å². The number of aliphatic hydroxyl groups is 1. The van der Waals surface area contributed by atoms with Gasteiger partial charge in [-0.2, -0.15) is 4.57 Å². The number of nitrogens with zero attached hydrogens (tertiary/aromatic N) is 2. The van der Waals surface area contributed by atoms with Crippen LogP contribution in [0, 0.1) is 6.92 Å². The Balaban J connectivity index is 1.41. The van der Waals surface area contributed by atoms with Crippen molar-refractivity contribution in [1.29, 1.82) is 0 Å². The molecule has 0 saturated carbocycles. The van der Waals surface area contributed by atoms with Crippen LogP contribution in [-0.4, -0.2) is 29.4 Å². The van der Waals surface area contributed by atoms with E-state index in [0.29, 0.717) is 5.56 Å². The number of aryl methyl sites for hydroxylation is 1. The molecule has 0 spiro atoms. The van der Waals surface area contributed by atoms with E-state index in [1.54, 1.807) is 23.5 Å². The van der Waals surface area contributed by atoms with Crippen LogP contribution in [0.25, 0.3) is 0 Å². The van der Waals surface area contributed by atoms with Crippen LogP contribution in [0.3, 0.4) is 0 Å². The lowest BCUT2D eigenvalue weighted by molar-refractivity contribution is -0.698. The molecule has 1 heterocycles. The van der Waals surface area contributed by atoms with Crippen LogP contribution < -0.4 is 15.0 Å². The summed E-state index contributed by atoms with van der Waals surface area (Å²) >= 11 is 1.76. The standard InChI is InChI=1S/C24H37N3O3S/c1-20-23(15-17-28)31-19-27(20)16-9-7-5-3-2-4-6-8-10-18-30-22-13-11-21(12-14-22)24(25)26-29/h11-14,19,28H,2-10,15-18H2,1H3,(H2-,25,26,29)/p+1. The second-order valence-electron chi connectivity index (χ2n) is 7.94. The van der Waals surface area contributed by atoms with Gasteiger partial charge in [0, 0.05) is 31.9 Å². The molecule has 7 heteroatoms. The van der Waals surface area contributed by atoms with E-state index in [0.717, 1.165) is 31.7 Å². The normalized spacial score (nSPS) is 11.7. The Hall–Kier alpha value is -2.12. The van der Waals surface area contributed by atoms with Crippen molar-refractivity contribution >= 4 is 17.2 Å². The van der Waals surface area contributed by atoms with Crippen LogP contribution in [0.4, 0.5) is 0 Å². The molecular formula is C24H38N3O3S+. The number of amidine groups is 1. The molecule has 0 saturated heterocycles. The number of hydrogen-bond acceptors (Lipinski definition) is 5. The second-order valence-corrected chi connectivity index (χ2v) is 8.88. The average Bonchev–Trinajstić information content (AvgIpc) is 3.14. The van der Waals surface area contributed by atoms with Crippen molar-refractivity contribution in [3.05, 3.63) is 45.9 Å². The van der Waals surface area contributed by atoms with Crippen LogP contribution in [0.15, 0.2) is 34.9 Å². The molecule has 0 unspecified atom stereocenters. The predicted octanol–water partition coefficient (Wildman–Crippen LogP) is 4.56. The third-order valence-electron chi connectivity index (χ3n) is 5.57. The monoisotopic (exact) mass is 448 g/mol. The molecule has 2 aromatic rings. The van der Waals surface area contributed by atoms with Gasteiger partial charge in [-0.1, -0.05) is 55.0 Å². The number of thiazole rings is 1. The summed E-state index contributed by atoms with van der Waals surface area (Å²) in [6, 6.07) is 7.28. The molecule has 31 heavy (non-hydrogen) atoms. The minimum Gasteiger partial charge on any atom is -0.494 e. The Kier molecular flexibility index (Phi) is 12.0. The van der Waals surface area contributed by atoms with E-state index in [1.165, 1.54) is 61.9 Å². The van der Waals surface area contributed by atoms with Crippen LogP contribution in [0.5, 0.6) is 5.75 Å². The zero-order valence-corrected chi connectivity index (χ0v) is 19.6. The van der Waals surface area contributed by atoms with Gasteiger partial charge < -0.3 is 20.8 Å². The highest BCUT2D eigenvalue weighted by Crippen LogP contribution is 2.15. The smallest absolute Gasteiger partial charge is 0.225 e. The van der Waals surface area contributed by atoms with Gasteiger partial charge in [0.25, 0.3) is 0 Å². The molecule has 0 atom stereocenters. The summed E-state index contributed by atoms with van der Waals surface area (Å²) in [4.78, 5) is 1.31. The lowest BCUT2D eigenvalue weighted by atomic mass is 10.1. The highest BCUT2D eigenvalue weighted by molar-refractivity contribution is 7.09. The Morgan fingerprint density at radius 3 is 2.23 bits per heavy atom. The third kappa shape index (κ3) is 9.27. The van der Waals surface area contributed by atoms with E-state index in [2.05, 4.69) is 22.2 Å². The first kappa shape index (κ1) is 25.1. The number of ether oxygens (including phenoxy) is 1. The quantitative estimate of drug-likeness (QED) is 0.0876. The molecule has 0 amide bonds. The fraction of sp³-hybridized carbons (Fsp3) is 0.583. The first-order chi connectivity index (χ1) is 15.2. The zero-order chi connectivity index (χ0) is 22.3. The van der Waals surface area contributed by atoms with E-state index in [9.17, 15) is 0 Å². The summed E-state index contributed by atoms with van der Waals surface area (Å²) in [6.45, 7) is 4.22. The maximum absolute atomic E-state index is 9.09. The number of nitrogens with two attached hydrogens (primary N) is 1. The molecule has 1 aromatic carbocycles. The first-order valence-electron chi connectivity index (χ1n) is 11.4. The molecule has 0 aliphatic carbocycles. The maximum atomic E-state index is 9.09. The Morgan fingerprint density at radius 2 is 1.61 bits per heavy atom. The predicted molar refractivity (Wildman–Crippen MR) is 126 cm³/mol. The number of aromatic nitrogens is 1. The van der Waals surface area contributed by atoms with Gasteiger partial charge in [-0.25, -0.2) is 0 Å². The van der Waals surface area contributed by atoms with E-state index in [1.807, 2.05) is 12.1 Å². The van der Waals surface area contributed by atoms with Gasteiger partial charge in [0.1, 0.15) is 12.3 Å². The molecule has 6 nitrogen and oxygen atoms in total. The maximum Gasteiger partial charge on any atom is 0.225 e. The molecule has 172 valence electrons. The van der Waals surface area contributed by atoms with Crippen LogP contribution in [-0.2, 0) is 13.0 Å². The van der Waals surface area contributed by atoms with Gasteiger partial charge >= 0.3 is 0 Å². The molecule has 1 aromatic heterocycles. The number of oxime groups is 1. The fourth-order valence-electron chi connectivity index (χ4n) is 3.60. The Morgan fingerprint density at radius 1 is 1.00 bits per heavy atom. The summed E-state index contributed by atoms with van der Waals surface area (Å²) in [5.41, 5.74) is 9.75. The van der Waals surface area contributed by atoms with Crippen molar-refractivity contribution in [2.24, 2.45) is 10.9 Å². The van der Waals surface area contributed by atoms with Gasteiger partial charge in [0.05, 0.1) is 11.5 Å². The number of hydrogen-bond donors (Lipinski definition) is 3. The minimum absolute atomic E-state index is 0.107. The molecule has 0 radical (unpaired) electrons. The lowest BCUT2D eigenvalue weighted by Gasteiger charge is -2.07. The van der Waals surface area contributed by atoms with Crippen molar-refractivity contribution in [3.8, 4) is 5.75 Å². The second kappa shape index (κ2) is 14.8. The van der Waals surface area contributed by atoms with Crippen LogP contribution in [0.2, 0.25) is 0 Å². The van der Waals surface area contributed by atoms with Crippen LogP contribution in [0.1, 0.15) is 73.9 Å². The number of rotatable bonds is 16. The first-order valence-corrected chi connectivity index (χ1v) is 12.3. The minimum atomic E-state index is 0.107. The Labute approximate surface area is 190 Å². The van der Waals surface area contributed by atoms with Crippen molar-refractivity contribution in [2.75, 3.05) is 13.2 Å². The third-order valence-corrected chi connectivity index (χ3v) is 6.71. The molecule has 0 aliphatic rings. The largest absolute Gasteiger partial charge is 0.494 e. The summed E-state index contributed by atoms with van der Waals surface area (Å²) in [7, 11) is 0. The van der Waals surface area contributed by atoms with Crippen LogP contribution >= 0.6 is 11.3 Å². The van der Waals surface area contributed by atoms with Gasteiger partial charge in [-0.05, 0) is 37.1 Å². The molecule has 0 fully saturated rings. The molecule has 0 aliphatic heterocycles. The topological polar surface area (TPSA) is 92.0 Å². The molecule has 4 N–H and O–H groups in total. The van der Waals surface area contributed by atoms with E-state index >= 15 is 0 Å². The number of benzene rings is 1. The molecule has 0 bridgehead atoms. The van der Waals surface area contributed by atoms with Crippen molar-refractivity contribution < 1.29 is 19.6 Å². The summed E-state index contributed by atoms with van der Waals surface area (Å²) in [5.74, 6) is 0.922. The zero-order valence-electron chi connectivity index (χ0n) is 18.8.